The number of aryl methyl sites for hydroxylation is 1. The van der Waals surface area contributed by atoms with E-state index in [4.69, 9.17) is 0 Å². The maximum absolute atomic E-state index is 11.6. The number of hydrogen-bond acceptors (Lipinski definition) is 1. The summed E-state index contributed by atoms with van der Waals surface area (Å²) in [5, 5.41) is 5.65. The van der Waals surface area contributed by atoms with Gasteiger partial charge in [-0.2, -0.15) is 0 Å². The largest absolute Gasteiger partial charge is 0.335 e. The lowest BCUT2D eigenvalue weighted by molar-refractivity contribution is 0.249. The Balaban J connectivity index is 2.63. The first-order valence-corrected chi connectivity index (χ1v) is 6.16. The quantitative estimate of drug-likeness (QED) is 0.874. The van der Waals surface area contributed by atoms with Crippen LogP contribution in [0.25, 0.3) is 0 Å². The highest BCUT2D eigenvalue weighted by atomic mass is 79.9. The first-order valence-electron chi connectivity index (χ1n) is 5.36. The van der Waals surface area contributed by atoms with Gasteiger partial charge in [0.1, 0.15) is 0 Å². The third-order valence-electron chi connectivity index (χ3n) is 2.36. The number of rotatable bonds is 3. The van der Waals surface area contributed by atoms with Gasteiger partial charge in [-0.15, -0.1) is 0 Å². The van der Waals surface area contributed by atoms with Gasteiger partial charge < -0.3 is 10.6 Å². The molecule has 0 heterocycles. The maximum atomic E-state index is 11.6. The van der Waals surface area contributed by atoms with Crippen molar-refractivity contribution in [2.75, 3.05) is 5.32 Å². The first-order chi connectivity index (χ1) is 7.52. The molecule has 0 radical (unpaired) electrons. The van der Waals surface area contributed by atoms with Gasteiger partial charge in [-0.05, 0) is 53.9 Å². The summed E-state index contributed by atoms with van der Waals surface area (Å²) in [6, 6.07) is 5.83. The number of anilines is 1. The molecule has 0 aromatic heterocycles. The molecule has 4 heteroatoms. The van der Waals surface area contributed by atoms with Gasteiger partial charge in [0, 0.05) is 10.5 Å². The molecule has 1 aromatic carbocycles. The summed E-state index contributed by atoms with van der Waals surface area (Å²) in [5.41, 5.74) is 1.94. The summed E-state index contributed by atoms with van der Waals surface area (Å²) < 4.78 is 0.895. The predicted molar refractivity (Wildman–Crippen MR) is 70.8 cm³/mol. The van der Waals surface area contributed by atoms with Crippen molar-refractivity contribution in [1.82, 2.24) is 5.32 Å². The van der Waals surface area contributed by atoms with Gasteiger partial charge in [0.2, 0.25) is 0 Å². The smallest absolute Gasteiger partial charge is 0.319 e. The van der Waals surface area contributed by atoms with E-state index >= 15 is 0 Å². The number of amides is 2. The average molecular weight is 285 g/mol. The second kappa shape index (κ2) is 5.89. The van der Waals surface area contributed by atoms with Crippen LogP contribution in [0.15, 0.2) is 22.7 Å². The number of halogens is 1. The van der Waals surface area contributed by atoms with Crippen LogP contribution < -0.4 is 10.6 Å². The molecule has 1 atom stereocenters. The van der Waals surface area contributed by atoms with Crippen LogP contribution in [-0.4, -0.2) is 12.1 Å². The van der Waals surface area contributed by atoms with Crippen molar-refractivity contribution in [3.8, 4) is 0 Å². The molecule has 0 fully saturated rings. The fourth-order valence-corrected chi connectivity index (χ4v) is 1.80. The lowest BCUT2D eigenvalue weighted by atomic mass is 10.2. The minimum absolute atomic E-state index is 0.168. The van der Waals surface area contributed by atoms with Gasteiger partial charge >= 0.3 is 6.03 Å². The normalized spacial score (nSPS) is 12.0. The lowest BCUT2D eigenvalue weighted by Gasteiger charge is -2.13. The molecule has 1 rings (SSSR count). The number of nitrogens with one attached hydrogen (secondary N) is 2. The molecule has 3 nitrogen and oxygen atoms in total. The molecule has 0 unspecified atom stereocenters. The fourth-order valence-electron chi connectivity index (χ4n) is 1.21. The zero-order valence-corrected chi connectivity index (χ0v) is 11.4. The van der Waals surface area contributed by atoms with Gasteiger partial charge in [-0.25, -0.2) is 4.79 Å². The number of benzene rings is 1. The Morgan fingerprint density at radius 3 is 2.75 bits per heavy atom. The molecule has 0 aliphatic carbocycles. The molecular formula is C12H17BrN2O. The zero-order valence-electron chi connectivity index (χ0n) is 9.80. The maximum Gasteiger partial charge on any atom is 0.319 e. The Hall–Kier alpha value is -1.03. The van der Waals surface area contributed by atoms with Gasteiger partial charge in [0.15, 0.2) is 0 Å². The second-order valence-corrected chi connectivity index (χ2v) is 4.75. The summed E-state index contributed by atoms with van der Waals surface area (Å²) in [5.74, 6) is 0. The van der Waals surface area contributed by atoms with Crippen LogP contribution in [0.2, 0.25) is 0 Å². The molecule has 0 saturated carbocycles. The van der Waals surface area contributed by atoms with E-state index in [1.807, 2.05) is 39.0 Å². The number of hydrogen-bond donors (Lipinski definition) is 2. The van der Waals surface area contributed by atoms with Crippen LogP contribution in [0.1, 0.15) is 25.8 Å². The van der Waals surface area contributed by atoms with Crippen LogP contribution >= 0.6 is 15.9 Å². The zero-order chi connectivity index (χ0) is 12.1. The third kappa shape index (κ3) is 3.85. The molecule has 2 N–H and O–H groups in total. The Morgan fingerprint density at radius 1 is 1.50 bits per heavy atom. The molecule has 2 amide bonds. The SMILES string of the molecule is CC[C@H](C)NC(=O)Nc1ccc(C)cc1Br. The monoisotopic (exact) mass is 284 g/mol. The van der Waals surface area contributed by atoms with E-state index in [9.17, 15) is 4.79 Å². The van der Waals surface area contributed by atoms with Crippen molar-refractivity contribution in [2.45, 2.75) is 33.2 Å². The number of carbonyl (C=O) groups is 1. The van der Waals surface area contributed by atoms with Crippen molar-refractivity contribution >= 4 is 27.6 Å². The van der Waals surface area contributed by atoms with Crippen LogP contribution in [-0.2, 0) is 0 Å². The summed E-state index contributed by atoms with van der Waals surface area (Å²) >= 11 is 3.42. The van der Waals surface area contributed by atoms with Crippen LogP contribution in [0.5, 0.6) is 0 Å². The minimum atomic E-state index is -0.168. The van der Waals surface area contributed by atoms with E-state index in [0.717, 1.165) is 22.1 Å². The Kier molecular flexibility index (Phi) is 4.80. The third-order valence-corrected chi connectivity index (χ3v) is 3.02. The summed E-state index contributed by atoms with van der Waals surface area (Å²) in [7, 11) is 0. The molecular weight excluding hydrogens is 268 g/mol. The molecule has 0 bridgehead atoms. The molecule has 0 aliphatic rings. The van der Waals surface area contributed by atoms with E-state index < -0.39 is 0 Å². The van der Waals surface area contributed by atoms with Gasteiger partial charge in [-0.3, -0.25) is 0 Å². The first kappa shape index (κ1) is 13.0. The van der Waals surface area contributed by atoms with Crippen molar-refractivity contribution in [1.29, 1.82) is 0 Å². The Morgan fingerprint density at radius 2 is 2.19 bits per heavy atom. The topological polar surface area (TPSA) is 41.1 Å². The predicted octanol–water partition coefficient (Wildman–Crippen LogP) is 3.68. The van der Waals surface area contributed by atoms with Gasteiger partial charge in [0.05, 0.1) is 5.69 Å². The van der Waals surface area contributed by atoms with Gasteiger partial charge in [0.25, 0.3) is 0 Å². The molecule has 0 saturated heterocycles. The molecule has 88 valence electrons. The van der Waals surface area contributed by atoms with E-state index in [1.165, 1.54) is 0 Å². The second-order valence-electron chi connectivity index (χ2n) is 3.89. The van der Waals surface area contributed by atoms with E-state index in [1.54, 1.807) is 0 Å². The molecule has 0 spiro atoms. The summed E-state index contributed by atoms with van der Waals surface area (Å²) in [6.07, 6.45) is 0.919. The Labute approximate surface area is 105 Å². The highest BCUT2D eigenvalue weighted by Crippen LogP contribution is 2.23. The number of urea groups is 1. The Bertz CT molecular complexity index is 379. The van der Waals surface area contributed by atoms with E-state index in [0.29, 0.717) is 0 Å². The summed E-state index contributed by atoms with van der Waals surface area (Å²) in [4.78, 5) is 11.6. The van der Waals surface area contributed by atoms with E-state index in [2.05, 4.69) is 26.6 Å². The van der Waals surface area contributed by atoms with Crippen molar-refractivity contribution in [3.63, 3.8) is 0 Å². The highest BCUT2D eigenvalue weighted by molar-refractivity contribution is 9.10. The molecule has 1 aromatic rings. The van der Waals surface area contributed by atoms with Crippen molar-refractivity contribution in [3.05, 3.63) is 28.2 Å². The number of carbonyl (C=O) groups excluding carboxylic acids is 1. The van der Waals surface area contributed by atoms with E-state index in [-0.39, 0.29) is 12.1 Å². The minimum Gasteiger partial charge on any atom is -0.335 e. The van der Waals surface area contributed by atoms with Crippen LogP contribution in [0.4, 0.5) is 10.5 Å². The van der Waals surface area contributed by atoms with Gasteiger partial charge in [-0.1, -0.05) is 13.0 Å². The standard InChI is InChI=1S/C12H17BrN2O/c1-4-9(3)14-12(16)15-11-6-5-8(2)7-10(11)13/h5-7,9H,4H2,1-3H3,(H2,14,15,16)/t9-/m0/s1. The molecule has 16 heavy (non-hydrogen) atoms. The van der Waals surface area contributed by atoms with Crippen molar-refractivity contribution in [2.24, 2.45) is 0 Å². The highest BCUT2D eigenvalue weighted by Gasteiger charge is 2.07. The fraction of sp³-hybridized carbons (Fsp3) is 0.417. The lowest BCUT2D eigenvalue weighted by Crippen LogP contribution is -2.35. The van der Waals surface area contributed by atoms with Crippen LogP contribution in [0.3, 0.4) is 0 Å². The molecule has 0 aliphatic heterocycles. The van der Waals surface area contributed by atoms with Crippen LogP contribution in [0, 0.1) is 6.92 Å². The van der Waals surface area contributed by atoms with Crippen molar-refractivity contribution < 1.29 is 4.79 Å². The average Bonchev–Trinajstić information content (AvgIpc) is 2.22. The summed E-state index contributed by atoms with van der Waals surface area (Å²) in [6.45, 7) is 6.02.